The molecule has 0 saturated heterocycles. The number of aromatic hydroxyl groups is 1. The van der Waals surface area contributed by atoms with Gasteiger partial charge in [-0.15, -0.1) is 19.0 Å². The van der Waals surface area contributed by atoms with Crippen molar-refractivity contribution < 1.29 is 9.50 Å². The van der Waals surface area contributed by atoms with Gasteiger partial charge in [-0.05, 0) is 22.0 Å². The topological polar surface area (TPSA) is 46.2 Å². The van der Waals surface area contributed by atoms with Crippen LogP contribution in [0.2, 0.25) is 0 Å². The summed E-state index contributed by atoms with van der Waals surface area (Å²) in [4.78, 5) is 0. The number of halogens is 3. The Labute approximate surface area is 96.2 Å². The molecule has 0 heterocycles. The molecule has 0 aliphatic heterocycles. The van der Waals surface area contributed by atoms with Gasteiger partial charge in [0.15, 0.2) is 0 Å². The Balaban J connectivity index is 0.00000169. The Kier molecular flexibility index (Phi) is 5.12. The molecule has 0 radical (unpaired) electrons. The van der Waals surface area contributed by atoms with Crippen LogP contribution >= 0.6 is 28.3 Å². The van der Waals surface area contributed by atoms with Crippen LogP contribution in [0.1, 0.15) is 11.6 Å². The fourth-order valence-electron chi connectivity index (χ4n) is 0.951. The van der Waals surface area contributed by atoms with Crippen molar-refractivity contribution in [2.45, 2.75) is 6.04 Å². The minimum absolute atomic E-state index is 0. The van der Waals surface area contributed by atoms with Crippen LogP contribution in [-0.4, -0.2) is 5.11 Å². The summed E-state index contributed by atoms with van der Waals surface area (Å²) in [5.74, 6) is -0.690. The molecule has 0 spiro atoms. The fraction of sp³-hybridized carbons (Fsp3) is 0.111. The van der Waals surface area contributed by atoms with Gasteiger partial charge in [0.2, 0.25) is 0 Å². The smallest absolute Gasteiger partial charge is 0.141 e. The molecule has 14 heavy (non-hydrogen) atoms. The van der Waals surface area contributed by atoms with E-state index in [0.29, 0.717) is 5.56 Å². The molecule has 0 amide bonds. The van der Waals surface area contributed by atoms with Gasteiger partial charge in [0.05, 0.1) is 10.5 Å². The zero-order valence-electron chi connectivity index (χ0n) is 7.21. The summed E-state index contributed by atoms with van der Waals surface area (Å²) in [5, 5.41) is 9.47. The average Bonchev–Trinajstić information content (AvgIpc) is 2.13. The summed E-state index contributed by atoms with van der Waals surface area (Å²) in [5.41, 5.74) is 6.04. The Hall–Kier alpha value is -0.580. The maximum absolute atomic E-state index is 12.9. The largest absolute Gasteiger partial charge is 0.506 e. The third-order valence-electron chi connectivity index (χ3n) is 1.71. The molecule has 0 saturated carbocycles. The summed E-state index contributed by atoms with van der Waals surface area (Å²) in [6, 6.07) is 2.18. The molecule has 78 valence electrons. The number of hydrogen-bond acceptors (Lipinski definition) is 2. The van der Waals surface area contributed by atoms with Gasteiger partial charge in [-0.2, -0.15) is 0 Å². The van der Waals surface area contributed by atoms with Crippen molar-refractivity contribution in [2.75, 3.05) is 0 Å². The third kappa shape index (κ3) is 2.47. The normalized spacial score (nSPS) is 11.6. The van der Waals surface area contributed by atoms with Crippen molar-refractivity contribution >= 4 is 28.3 Å². The highest BCUT2D eigenvalue weighted by atomic mass is 79.9. The summed E-state index contributed by atoms with van der Waals surface area (Å²) in [6.45, 7) is 3.49. The van der Waals surface area contributed by atoms with E-state index in [2.05, 4.69) is 22.5 Å². The average molecular weight is 283 g/mol. The molecule has 1 aromatic rings. The summed E-state index contributed by atoms with van der Waals surface area (Å²) in [6.07, 6.45) is 1.47. The van der Waals surface area contributed by atoms with E-state index in [1.807, 2.05) is 0 Å². The number of nitrogens with two attached hydrogens (primary N) is 1. The first kappa shape index (κ1) is 13.4. The number of phenolic OH excluding ortho intramolecular Hbond substituents is 1. The van der Waals surface area contributed by atoms with Crippen molar-refractivity contribution in [1.82, 2.24) is 0 Å². The minimum atomic E-state index is -0.516. The molecule has 0 aliphatic rings. The molecule has 0 aromatic heterocycles. The van der Waals surface area contributed by atoms with E-state index in [1.165, 1.54) is 18.2 Å². The van der Waals surface area contributed by atoms with Crippen LogP contribution in [0.25, 0.3) is 0 Å². The lowest BCUT2D eigenvalue weighted by atomic mass is 10.1. The molecule has 2 nitrogen and oxygen atoms in total. The van der Waals surface area contributed by atoms with Gasteiger partial charge in [-0.3, -0.25) is 0 Å². The molecular formula is C9H10BrClFNO. The maximum atomic E-state index is 12.9. The van der Waals surface area contributed by atoms with Crippen LogP contribution in [0, 0.1) is 5.82 Å². The van der Waals surface area contributed by atoms with Gasteiger partial charge in [0, 0.05) is 5.56 Å². The zero-order valence-corrected chi connectivity index (χ0v) is 9.61. The van der Waals surface area contributed by atoms with Crippen molar-refractivity contribution in [3.63, 3.8) is 0 Å². The number of benzene rings is 1. The van der Waals surface area contributed by atoms with Crippen LogP contribution < -0.4 is 5.73 Å². The van der Waals surface area contributed by atoms with E-state index >= 15 is 0 Å². The SMILES string of the molecule is C=C[C@@H](N)c1ccc(F)c(Br)c1O.Cl. The molecular weight excluding hydrogens is 272 g/mol. The van der Waals surface area contributed by atoms with Gasteiger partial charge in [0.25, 0.3) is 0 Å². The first-order valence-corrected chi connectivity index (χ1v) is 4.42. The summed E-state index contributed by atoms with van der Waals surface area (Å²) < 4.78 is 12.9. The highest BCUT2D eigenvalue weighted by molar-refractivity contribution is 9.10. The van der Waals surface area contributed by atoms with Crippen molar-refractivity contribution in [1.29, 1.82) is 0 Å². The monoisotopic (exact) mass is 281 g/mol. The van der Waals surface area contributed by atoms with Crippen LogP contribution in [0.15, 0.2) is 29.3 Å². The molecule has 3 N–H and O–H groups in total. The summed E-state index contributed by atoms with van der Waals surface area (Å²) >= 11 is 2.91. The van der Waals surface area contributed by atoms with E-state index in [-0.39, 0.29) is 22.6 Å². The van der Waals surface area contributed by atoms with E-state index in [4.69, 9.17) is 5.73 Å². The first-order valence-electron chi connectivity index (χ1n) is 3.63. The Morgan fingerprint density at radius 1 is 1.57 bits per heavy atom. The van der Waals surface area contributed by atoms with Crippen molar-refractivity contribution in [3.05, 3.63) is 40.6 Å². The minimum Gasteiger partial charge on any atom is -0.506 e. The molecule has 0 bridgehead atoms. The molecule has 0 unspecified atom stereocenters. The molecule has 0 aliphatic carbocycles. The van der Waals surface area contributed by atoms with Gasteiger partial charge in [-0.1, -0.05) is 12.1 Å². The maximum Gasteiger partial charge on any atom is 0.141 e. The molecule has 0 fully saturated rings. The van der Waals surface area contributed by atoms with Gasteiger partial charge in [-0.25, -0.2) is 4.39 Å². The molecule has 1 rings (SSSR count). The van der Waals surface area contributed by atoms with Gasteiger partial charge >= 0.3 is 0 Å². The van der Waals surface area contributed by atoms with Gasteiger partial charge < -0.3 is 10.8 Å². The highest BCUT2D eigenvalue weighted by Gasteiger charge is 2.13. The van der Waals surface area contributed by atoms with Crippen LogP contribution in [0.3, 0.4) is 0 Å². The second-order valence-corrected chi connectivity index (χ2v) is 3.35. The van der Waals surface area contributed by atoms with Crippen LogP contribution in [-0.2, 0) is 0 Å². The Morgan fingerprint density at radius 2 is 2.14 bits per heavy atom. The highest BCUT2D eigenvalue weighted by Crippen LogP contribution is 2.33. The third-order valence-corrected chi connectivity index (χ3v) is 2.47. The lowest BCUT2D eigenvalue weighted by molar-refractivity contribution is 0.455. The van der Waals surface area contributed by atoms with Gasteiger partial charge in [0.1, 0.15) is 11.6 Å². The van der Waals surface area contributed by atoms with Crippen molar-refractivity contribution in [3.8, 4) is 5.75 Å². The Bertz CT molecular complexity index is 346. The fourth-order valence-corrected chi connectivity index (χ4v) is 1.31. The van der Waals surface area contributed by atoms with Crippen LogP contribution in [0.4, 0.5) is 4.39 Å². The van der Waals surface area contributed by atoms with E-state index < -0.39 is 11.9 Å². The van der Waals surface area contributed by atoms with E-state index in [0.717, 1.165) is 0 Å². The zero-order chi connectivity index (χ0) is 10.0. The molecule has 1 aromatic carbocycles. The summed E-state index contributed by atoms with van der Waals surface area (Å²) in [7, 11) is 0. The second-order valence-electron chi connectivity index (χ2n) is 2.56. The van der Waals surface area contributed by atoms with Crippen molar-refractivity contribution in [2.24, 2.45) is 5.73 Å². The molecule has 5 heteroatoms. The predicted octanol–water partition coefficient (Wildman–Crippen LogP) is 2.90. The van der Waals surface area contributed by atoms with E-state index in [9.17, 15) is 9.50 Å². The quantitative estimate of drug-likeness (QED) is 0.819. The second kappa shape index (κ2) is 5.34. The number of hydrogen-bond donors (Lipinski definition) is 2. The first-order chi connectivity index (χ1) is 6.07. The molecule has 1 atom stereocenters. The van der Waals surface area contributed by atoms with Crippen LogP contribution in [0.5, 0.6) is 5.75 Å². The lowest BCUT2D eigenvalue weighted by Crippen LogP contribution is -2.07. The predicted molar refractivity (Wildman–Crippen MR) is 60.1 cm³/mol. The van der Waals surface area contributed by atoms with E-state index in [1.54, 1.807) is 0 Å². The standard InChI is InChI=1S/C9H9BrFNO.ClH/c1-2-7(12)5-3-4-6(11)8(10)9(5)13;/h2-4,7,13H,1,12H2;1H/t7-;/m1./s1. The number of phenols is 1. The Morgan fingerprint density at radius 3 is 2.64 bits per heavy atom. The lowest BCUT2D eigenvalue weighted by Gasteiger charge is -2.10. The number of rotatable bonds is 2.